The van der Waals surface area contributed by atoms with Crippen molar-refractivity contribution in [3.8, 4) is 78.9 Å². The molecule has 4 heterocycles. The summed E-state index contributed by atoms with van der Waals surface area (Å²) in [6, 6.07) is 67.0. The Hall–Kier alpha value is -6.85. The van der Waals surface area contributed by atoms with E-state index in [0.717, 1.165) is 73.0 Å². The Kier molecular flexibility index (Phi) is 10.8. The van der Waals surface area contributed by atoms with Gasteiger partial charge < -0.3 is 19.4 Å². The second-order valence-corrected chi connectivity index (χ2v) is 14.8. The number of para-hydroxylation sites is 2. The Bertz CT molecular complexity index is 2880. The molecule has 0 spiro atoms. The van der Waals surface area contributed by atoms with Gasteiger partial charge in [0.2, 0.25) is 6.71 Å². The maximum Gasteiger partial charge on any atom is 0.239 e. The van der Waals surface area contributed by atoms with Crippen LogP contribution < -0.4 is 25.9 Å². The van der Waals surface area contributed by atoms with Crippen LogP contribution in [-0.4, -0.2) is 16.7 Å². The Morgan fingerprint density at radius 2 is 1.07 bits per heavy atom. The summed E-state index contributed by atoms with van der Waals surface area (Å²) in [7, 11) is 0. The van der Waals surface area contributed by atoms with Crippen molar-refractivity contribution >= 4 is 23.1 Å². The number of hydrogen-bond acceptors (Lipinski definition) is 4. The molecule has 1 radical (unpaired) electrons. The number of ether oxygens (including phenoxy) is 2. The number of benzene rings is 7. The summed E-state index contributed by atoms with van der Waals surface area (Å²) in [4.78, 5) is 9.36. The molecular weight excluding hydrogens is 912 g/mol. The first-order valence-electron chi connectivity index (χ1n) is 19.8. The van der Waals surface area contributed by atoms with Gasteiger partial charge in [0.1, 0.15) is 11.5 Å². The van der Waals surface area contributed by atoms with Gasteiger partial charge in [-0.1, -0.05) is 163 Å². The molecular formula is C54H37BIrN2O2-2. The van der Waals surface area contributed by atoms with Gasteiger partial charge in [0, 0.05) is 44.0 Å². The first-order valence-corrected chi connectivity index (χ1v) is 19.8. The predicted molar refractivity (Wildman–Crippen MR) is 240 cm³/mol. The van der Waals surface area contributed by atoms with Crippen LogP contribution in [0.5, 0.6) is 23.0 Å². The fraction of sp³-hybridized carbons (Fsp3) is 0.0370. The van der Waals surface area contributed by atoms with Crippen molar-refractivity contribution in [3.63, 3.8) is 0 Å². The molecule has 0 bridgehead atoms. The minimum Gasteiger partial charge on any atom is -0.503 e. The summed E-state index contributed by atoms with van der Waals surface area (Å²) in [6.07, 6.45) is 3.80. The van der Waals surface area contributed by atoms with Crippen LogP contribution in [0.15, 0.2) is 188 Å². The second kappa shape index (κ2) is 16.8. The molecule has 7 aromatic carbocycles. The minimum atomic E-state index is 0. The molecule has 2 aromatic heterocycles. The monoisotopic (exact) mass is 949 g/mol. The van der Waals surface area contributed by atoms with E-state index in [0.29, 0.717) is 0 Å². The van der Waals surface area contributed by atoms with Crippen molar-refractivity contribution in [2.75, 3.05) is 0 Å². The number of hydrogen-bond donors (Lipinski definition) is 0. The van der Waals surface area contributed by atoms with Crippen molar-refractivity contribution in [2.45, 2.75) is 13.8 Å². The fourth-order valence-corrected chi connectivity index (χ4v) is 8.13. The Morgan fingerprint density at radius 1 is 0.483 bits per heavy atom. The van der Waals surface area contributed by atoms with Crippen LogP contribution in [0.25, 0.3) is 55.9 Å². The number of fused-ring (bicyclic) bond motifs is 4. The minimum absolute atomic E-state index is 0. The van der Waals surface area contributed by atoms with E-state index in [4.69, 9.17) is 14.5 Å². The molecule has 289 valence electrons. The molecule has 2 aliphatic rings. The molecule has 0 saturated carbocycles. The molecule has 6 heteroatoms. The number of pyridine rings is 2. The Balaban J connectivity index is 0.000000156. The van der Waals surface area contributed by atoms with Crippen LogP contribution >= 0.6 is 0 Å². The molecule has 0 amide bonds. The third kappa shape index (κ3) is 7.37. The van der Waals surface area contributed by atoms with Crippen LogP contribution in [0.2, 0.25) is 0 Å². The summed E-state index contributed by atoms with van der Waals surface area (Å²) >= 11 is 0. The van der Waals surface area contributed by atoms with E-state index in [-0.39, 0.29) is 26.8 Å². The zero-order valence-corrected chi connectivity index (χ0v) is 35.4. The van der Waals surface area contributed by atoms with Gasteiger partial charge in [-0.15, -0.1) is 41.5 Å². The SMILES string of the molecule is Cc1c[c-]c(-c2cc(-c3ccccc3)c(C)cn2)cc1-c1ccccc1.[Ir].[c-]1cc2c3c(c1-c1cc(-c4ccccc4)ccn1)Oc1ccccc1B3c1ccccc1O2. The molecule has 60 heavy (non-hydrogen) atoms. The van der Waals surface area contributed by atoms with Crippen molar-refractivity contribution in [1.82, 2.24) is 9.97 Å². The van der Waals surface area contributed by atoms with E-state index in [1.54, 1.807) is 0 Å². The van der Waals surface area contributed by atoms with Crippen LogP contribution in [0, 0.1) is 26.0 Å². The van der Waals surface area contributed by atoms with E-state index >= 15 is 0 Å². The fourth-order valence-electron chi connectivity index (χ4n) is 8.13. The zero-order valence-electron chi connectivity index (χ0n) is 33.0. The number of aromatic nitrogens is 2. The smallest absolute Gasteiger partial charge is 0.239 e. The number of aryl methyl sites for hydroxylation is 2. The largest absolute Gasteiger partial charge is 0.503 e. The summed E-state index contributed by atoms with van der Waals surface area (Å²) in [6.45, 7) is 4.27. The van der Waals surface area contributed by atoms with Gasteiger partial charge in [-0.3, -0.25) is 0 Å². The van der Waals surface area contributed by atoms with E-state index in [2.05, 4.69) is 140 Å². The second-order valence-electron chi connectivity index (χ2n) is 14.8. The predicted octanol–water partition coefficient (Wildman–Crippen LogP) is 11.4. The molecule has 0 unspecified atom stereocenters. The van der Waals surface area contributed by atoms with Crippen LogP contribution in [0.3, 0.4) is 0 Å². The normalized spacial score (nSPS) is 11.6. The molecule has 0 fully saturated rings. The number of nitrogens with zero attached hydrogens (tertiary/aromatic N) is 2. The Labute approximate surface area is 365 Å². The first-order chi connectivity index (χ1) is 29.1. The van der Waals surface area contributed by atoms with Gasteiger partial charge in [0.25, 0.3) is 0 Å². The van der Waals surface area contributed by atoms with E-state index in [1.807, 2.05) is 79.1 Å². The van der Waals surface area contributed by atoms with E-state index in [9.17, 15) is 0 Å². The molecule has 0 saturated heterocycles. The maximum absolute atomic E-state index is 6.52. The third-order valence-electron chi connectivity index (χ3n) is 11.1. The van der Waals surface area contributed by atoms with Gasteiger partial charge in [-0.25, -0.2) is 0 Å². The average Bonchev–Trinajstić information content (AvgIpc) is 3.30. The molecule has 0 aliphatic carbocycles. The van der Waals surface area contributed by atoms with Crippen molar-refractivity contribution < 1.29 is 29.6 Å². The van der Waals surface area contributed by atoms with Gasteiger partial charge in [0.05, 0.1) is 0 Å². The van der Waals surface area contributed by atoms with Crippen molar-refractivity contribution in [1.29, 1.82) is 0 Å². The average molecular weight is 949 g/mol. The van der Waals surface area contributed by atoms with Crippen LogP contribution in [0.1, 0.15) is 11.1 Å². The summed E-state index contributed by atoms with van der Waals surface area (Å²) in [5.74, 6) is 3.29. The quantitative estimate of drug-likeness (QED) is 0.127. The van der Waals surface area contributed by atoms with E-state index in [1.165, 1.54) is 33.4 Å². The van der Waals surface area contributed by atoms with Crippen molar-refractivity contribution in [2.24, 2.45) is 0 Å². The van der Waals surface area contributed by atoms with Crippen LogP contribution in [0.4, 0.5) is 0 Å². The standard InChI is InChI=1S/C29H17BNO2.C25H20N.Ir/c1-2-8-19(9-3-1)20-16-17-31-24(18-20)21-14-15-27-28-29(21)33-26-13-7-5-11-23(26)30(28)22-10-4-6-12-25(22)32-27;1-18-13-14-22(15-23(18)20-9-5-3-6-10-20)25-16-24(19(2)17-26-25)21-11-7-4-8-12-21;/h1-13,15-18H;3-13,15-17H,1-2H3;/q2*-1;. The summed E-state index contributed by atoms with van der Waals surface area (Å²) < 4.78 is 12.8. The van der Waals surface area contributed by atoms with Crippen LogP contribution in [-0.2, 0) is 20.1 Å². The van der Waals surface area contributed by atoms with E-state index < -0.39 is 0 Å². The van der Waals surface area contributed by atoms with Gasteiger partial charge in [-0.05, 0) is 80.8 Å². The maximum atomic E-state index is 6.52. The molecule has 0 N–H and O–H groups in total. The zero-order chi connectivity index (χ0) is 39.7. The molecule has 0 atom stereocenters. The first kappa shape index (κ1) is 38.7. The third-order valence-corrected chi connectivity index (χ3v) is 11.1. The van der Waals surface area contributed by atoms with Gasteiger partial charge in [0.15, 0.2) is 0 Å². The van der Waals surface area contributed by atoms with Gasteiger partial charge >= 0.3 is 0 Å². The number of rotatable bonds is 5. The van der Waals surface area contributed by atoms with Gasteiger partial charge in [-0.2, -0.15) is 0 Å². The molecule has 2 aliphatic heterocycles. The molecule has 4 nitrogen and oxygen atoms in total. The topological polar surface area (TPSA) is 44.2 Å². The molecule has 9 aromatic rings. The summed E-state index contributed by atoms with van der Waals surface area (Å²) in [5, 5.41) is 0. The Morgan fingerprint density at radius 3 is 1.73 bits per heavy atom. The van der Waals surface area contributed by atoms with Crippen molar-refractivity contribution in [3.05, 3.63) is 212 Å². The summed E-state index contributed by atoms with van der Waals surface area (Å²) in [5.41, 5.74) is 16.5. The molecule has 11 rings (SSSR count).